The maximum atomic E-state index is 13.2. The number of carbonyl (C=O) groups excluding carboxylic acids is 3. The first kappa shape index (κ1) is 26.0. The number of urea groups is 1. The number of benzene rings is 3. The number of carboxylic acid groups (broad SMARTS) is 1. The van der Waals surface area contributed by atoms with E-state index >= 15 is 0 Å². The summed E-state index contributed by atoms with van der Waals surface area (Å²) in [6.07, 6.45) is 1.36. The van der Waals surface area contributed by atoms with Crippen molar-refractivity contribution in [2.45, 2.75) is 13.5 Å². The van der Waals surface area contributed by atoms with Gasteiger partial charge in [-0.15, -0.1) is 0 Å². The zero-order chi connectivity index (χ0) is 27.2. The molecule has 4 amide bonds. The van der Waals surface area contributed by atoms with Crippen molar-refractivity contribution in [2.75, 3.05) is 18.6 Å². The molecule has 0 aliphatic carbocycles. The fraction of sp³-hybridized carbons (Fsp3) is 0.143. The minimum Gasteiger partial charge on any atom is -0.494 e. The summed E-state index contributed by atoms with van der Waals surface area (Å²) in [5.41, 5.74) is 1.42. The Morgan fingerprint density at radius 1 is 0.974 bits per heavy atom. The molecule has 2 N–H and O–H groups in total. The van der Waals surface area contributed by atoms with Crippen LogP contribution in [0.3, 0.4) is 0 Å². The van der Waals surface area contributed by atoms with Crippen LogP contribution in [0.2, 0.25) is 0 Å². The molecule has 1 heterocycles. The molecule has 10 nitrogen and oxygen atoms in total. The lowest BCUT2D eigenvalue weighted by molar-refractivity contribution is -0.122. The third kappa shape index (κ3) is 5.65. The fourth-order valence-corrected chi connectivity index (χ4v) is 3.74. The Balaban J connectivity index is 1.56. The molecule has 1 saturated heterocycles. The molecule has 0 radical (unpaired) electrons. The van der Waals surface area contributed by atoms with Gasteiger partial charge in [-0.05, 0) is 60.5 Å². The number of rotatable bonds is 9. The van der Waals surface area contributed by atoms with Gasteiger partial charge in [-0.2, -0.15) is 0 Å². The second kappa shape index (κ2) is 11.3. The van der Waals surface area contributed by atoms with E-state index in [4.69, 9.17) is 19.3 Å². The van der Waals surface area contributed by atoms with Crippen LogP contribution in [-0.4, -0.2) is 42.6 Å². The van der Waals surface area contributed by atoms with E-state index in [9.17, 15) is 19.2 Å². The summed E-state index contributed by atoms with van der Waals surface area (Å²) in [6, 6.07) is 16.7. The van der Waals surface area contributed by atoms with Gasteiger partial charge in [-0.3, -0.25) is 14.9 Å². The minimum atomic E-state index is -1.01. The molecule has 1 aliphatic heterocycles. The third-order valence-corrected chi connectivity index (χ3v) is 5.58. The number of carbonyl (C=O) groups is 4. The monoisotopic (exact) mass is 516 g/mol. The maximum absolute atomic E-state index is 13.2. The van der Waals surface area contributed by atoms with Crippen LogP contribution < -0.4 is 24.4 Å². The fourth-order valence-electron chi connectivity index (χ4n) is 3.74. The van der Waals surface area contributed by atoms with Crippen LogP contribution >= 0.6 is 0 Å². The molecule has 4 rings (SSSR count). The Morgan fingerprint density at radius 3 is 2.42 bits per heavy atom. The first-order valence-corrected chi connectivity index (χ1v) is 11.6. The molecule has 10 heteroatoms. The molecular formula is C28H24N2O8. The van der Waals surface area contributed by atoms with Crippen LogP contribution in [0.5, 0.6) is 17.2 Å². The van der Waals surface area contributed by atoms with Crippen molar-refractivity contribution in [3.8, 4) is 17.2 Å². The summed E-state index contributed by atoms with van der Waals surface area (Å²) in [5.74, 6) is -1.38. The smallest absolute Gasteiger partial charge is 0.335 e. The summed E-state index contributed by atoms with van der Waals surface area (Å²) < 4.78 is 16.7. The van der Waals surface area contributed by atoms with Crippen molar-refractivity contribution in [3.63, 3.8) is 0 Å². The molecule has 1 aliphatic rings. The van der Waals surface area contributed by atoms with Crippen LogP contribution in [0, 0.1) is 0 Å². The van der Waals surface area contributed by atoms with Crippen molar-refractivity contribution in [3.05, 3.63) is 89.0 Å². The Morgan fingerprint density at radius 2 is 1.74 bits per heavy atom. The highest BCUT2D eigenvalue weighted by atomic mass is 16.5. The first-order chi connectivity index (χ1) is 18.3. The van der Waals surface area contributed by atoms with Crippen molar-refractivity contribution >= 4 is 35.6 Å². The summed E-state index contributed by atoms with van der Waals surface area (Å²) in [6.45, 7) is 2.38. The van der Waals surface area contributed by atoms with E-state index in [1.807, 2.05) is 6.92 Å². The molecule has 0 saturated carbocycles. The molecule has 0 spiro atoms. The molecular weight excluding hydrogens is 492 g/mol. The average molecular weight is 517 g/mol. The second-order valence-corrected chi connectivity index (χ2v) is 8.09. The van der Waals surface area contributed by atoms with E-state index < -0.39 is 23.8 Å². The first-order valence-electron chi connectivity index (χ1n) is 11.6. The molecule has 0 aromatic heterocycles. The number of carboxylic acids is 1. The number of imide groups is 2. The van der Waals surface area contributed by atoms with Gasteiger partial charge in [-0.1, -0.05) is 24.3 Å². The molecule has 0 atom stereocenters. The SMILES string of the molecule is CCOc1cccc(N2C(=O)NC(=O)/C(=C/c3ccc(OCc4ccc(C(=O)O)cc4)c(OC)c3)C2=O)c1. The topological polar surface area (TPSA) is 131 Å². The summed E-state index contributed by atoms with van der Waals surface area (Å²) in [7, 11) is 1.45. The van der Waals surface area contributed by atoms with E-state index in [1.54, 1.807) is 54.6 Å². The highest BCUT2D eigenvalue weighted by molar-refractivity contribution is 6.39. The van der Waals surface area contributed by atoms with Gasteiger partial charge in [0.1, 0.15) is 17.9 Å². The number of aromatic carboxylic acids is 1. The van der Waals surface area contributed by atoms with E-state index in [-0.39, 0.29) is 23.4 Å². The number of methoxy groups -OCH3 is 1. The highest BCUT2D eigenvalue weighted by Crippen LogP contribution is 2.31. The van der Waals surface area contributed by atoms with Crippen molar-refractivity contribution in [1.29, 1.82) is 0 Å². The Hall–Kier alpha value is -5.12. The third-order valence-electron chi connectivity index (χ3n) is 5.58. The second-order valence-electron chi connectivity index (χ2n) is 8.09. The normalized spacial score (nSPS) is 14.3. The lowest BCUT2D eigenvalue weighted by atomic mass is 10.1. The number of ether oxygens (including phenoxy) is 3. The number of amides is 4. The minimum absolute atomic E-state index is 0.162. The van der Waals surface area contributed by atoms with Crippen LogP contribution in [0.15, 0.2) is 72.3 Å². The van der Waals surface area contributed by atoms with E-state index in [0.717, 1.165) is 10.5 Å². The average Bonchev–Trinajstić information content (AvgIpc) is 2.90. The van der Waals surface area contributed by atoms with E-state index in [0.29, 0.717) is 29.4 Å². The van der Waals surface area contributed by atoms with Gasteiger partial charge in [-0.25, -0.2) is 14.5 Å². The Labute approximate surface area is 218 Å². The molecule has 0 bridgehead atoms. The Bertz CT molecular complexity index is 1430. The van der Waals surface area contributed by atoms with Gasteiger partial charge < -0.3 is 19.3 Å². The molecule has 3 aromatic carbocycles. The zero-order valence-electron chi connectivity index (χ0n) is 20.6. The van der Waals surface area contributed by atoms with Gasteiger partial charge in [0.15, 0.2) is 11.5 Å². The number of nitrogens with zero attached hydrogens (tertiary/aromatic N) is 1. The van der Waals surface area contributed by atoms with Crippen molar-refractivity contribution in [1.82, 2.24) is 5.32 Å². The van der Waals surface area contributed by atoms with Crippen LogP contribution in [0.1, 0.15) is 28.4 Å². The van der Waals surface area contributed by atoms with E-state index in [1.165, 1.54) is 25.3 Å². The number of nitrogens with one attached hydrogen (secondary N) is 1. The van der Waals surface area contributed by atoms with Crippen LogP contribution in [-0.2, 0) is 16.2 Å². The maximum Gasteiger partial charge on any atom is 0.335 e. The largest absolute Gasteiger partial charge is 0.494 e. The zero-order valence-corrected chi connectivity index (χ0v) is 20.6. The van der Waals surface area contributed by atoms with Crippen molar-refractivity contribution in [2.24, 2.45) is 0 Å². The standard InChI is InChI=1S/C28H24N2O8/c1-3-37-21-6-4-5-20(15-21)30-26(32)22(25(31)29-28(30)35)13-18-9-12-23(24(14-18)36-2)38-16-17-7-10-19(11-8-17)27(33)34/h4-15H,3,16H2,1-2H3,(H,33,34)(H,29,31,35)/b22-13-. The highest BCUT2D eigenvalue weighted by Gasteiger charge is 2.37. The van der Waals surface area contributed by atoms with Crippen LogP contribution in [0.4, 0.5) is 10.5 Å². The molecule has 38 heavy (non-hydrogen) atoms. The van der Waals surface area contributed by atoms with Gasteiger partial charge in [0.2, 0.25) is 0 Å². The lowest BCUT2D eigenvalue weighted by Crippen LogP contribution is -2.54. The van der Waals surface area contributed by atoms with Gasteiger partial charge in [0.05, 0.1) is 25.0 Å². The number of anilines is 1. The molecule has 0 unspecified atom stereocenters. The van der Waals surface area contributed by atoms with Gasteiger partial charge in [0, 0.05) is 6.07 Å². The molecule has 1 fully saturated rings. The predicted molar refractivity (Wildman–Crippen MR) is 137 cm³/mol. The summed E-state index contributed by atoms with van der Waals surface area (Å²) >= 11 is 0. The quantitative estimate of drug-likeness (QED) is 0.322. The van der Waals surface area contributed by atoms with Crippen molar-refractivity contribution < 1.29 is 38.5 Å². The van der Waals surface area contributed by atoms with Crippen LogP contribution in [0.25, 0.3) is 6.08 Å². The van der Waals surface area contributed by atoms with Gasteiger partial charge in [0.25, 0.3) is 11.8 Å². The number of hydrogen-bond acceptors (Lipinski definition) is 7. The van der Waals surface area contributed by atoms with E-state index in [2.05, 4.69) is 5.32 Å². The lowest BCUT2D eigenvalue weighted by Gasteiger charge is -2.26. The number of hydrogen-bond donors (Lipinski definition) is 2. The molecule has 194 valence electrons. The Kier molecular flexibility index (Phi) is 7.72. The summed E-state index contributed by atoms with van der Waals surface area (Å²) in [4.78, 5) is 50.2. The summed E-state index contributed by atoms with van der Waals surface area (Å²) in [5, 5.41) is 11.2. The number of barbiturate groups is 1. The van der Waals surface area contributed by atoms with Gasteiger partial charge >= 0.3 is 12.0 Å². The predicted octanol–water partition coefficient (Wildman–Crippen LogP) is 4.04. The molecule has 3 aromatic rings.